The van der Waals surface area contributed by atoms with Gasteiger partial charge in [-0.2, -0.15) is 0 Å². The van der Waals surface area contributed by atoms with Crippen LogP contribution in [0.15, 0.2) is 6.07 Å². The predicted octanol–water partition coefficient (Wildman–Crippen LogP) is 3.16. The van der Waals surface area contributed by atoms with Gasteiger partial charge >= 0.3 is 12.3 Å². The van der Waals surface area contributed by atoms with Crippen molar-refractivity contribution in [1.29, 1.82) is 0 Å². The van der Waals surface area contributed by atoms with Crippen LogP contribution in [0.25, 0.3) is 0 Å². The summed E-state index contributed by atoms with van der Waals surface area (Å²) in [7, 11) is 0. The van der Waals surface area contributed by atoms with Crippen molar-refractivity contribution >= 4 is 28.6 Å². The van der Waals surface area contributed by atoms with Crippen LogP contribution < -0.4 is 4.74 Å². The van der Waals surface area contributed by atoms with Crippen LogP contribution in [-0.2, 0) is 22.6 Å². The summed E-state index contributed by atoms with van der Waals surface area (Å²) in [5.74, 6) is -1.41. The second-order valence-corrected chi connectivity index (χ2v) is 4.71. The highest BCUT2D eigenvalue weighted by molar-refractivity contribution is 14.1. The topological polar surface area (TPSA) is 48.4 Å². The van der Waals surface area contributed by atoms with Crippen LogP contribution in [0.5, 0.6) is 5.88 Å². The number of rotatable bonds is 5. The summed E-state index contributed by atoms with van der Waals surface area (Å²) >= 11 is 1.55. The summed E-state index contributed by atoms with van der Waals surface area (Å²) < 4.78 is 57.7. The molecule has 1 aromatic heterocycles. The van der Waals surface area contributed by atoms with Gasteiger partial charge < -0.3 is 9.47 Å². The van der Waals surface area contributed by atoms with E-state index in [-0.39, 0.29) is 21.4 Å². The van der Waals surface area contributed by atoms with Crippen LogP contribution in [0.3, 0.4) is 0 Å². The number of nitrogens with zero attached hydrogens (tertiary/aromatic N) is 1. The fourth-order valence-electron chi connectivity index (χ4n) is 1.34. The minimum atomic E-state index is -4.91. The molecule has 0 saturated carbocycles. The summed E-state index contributed by atoms with van der Waals surface area (Å²) in [4.78, 5) is 14.9. The van der Waals surface area contributed by atoms with Gasteiger partial charge in [0.15, 0.2) is 0 Å². The van der Waals surface area contributed by atoms with Crippen LogP contribution >= 0.6 is 22.6 Å². The molecule has 0 aliphatic carbocycles. The van der Waals surface area contributed by atoms with Crippen LogP contribution in [0.1, 0.15) is 18.2 Å². The fourth-order valence-corrected chi connectivity index (χ4v) is 1.95. The standard InChI is InChI=1S/C11H10F4INO3/c1-2-19-9(18)4-8-6(5-12)3-7(16)10(17-8)20-11(13,14)15/h3H,2,4-5H2,1H3. The predicted molar refractivity (Wildman–Crippen MR) is 68.8 cm³/mol. The molecule has 1 rings (SSSR count). The first-order chi connectivity index (χ1) is 9.26. The summed E-state index contributed by atoms with van der Waals surface area (Å²) in [5, 5.41) is 0. The number of carbonyl (C=O) groups is 1. The molecule has 0 spiro atoms. The highest BCUT2D eigenvalue weighted by atomic mass is 127. The third-order valence-electron chi connectivity index (χ3n) is 2.09. The lowest BCUT2D eigenvalue weighted by molar-refractivity contribution is -0.276. The SMILES string of the molecule is CCOC(=O)Cc1nc(OC(F)(F)F)c(I)cc1CF. The second-order valence-electron chi connectivity index (χ2n) is 3.54. The highest BCUT2D eigenvalue weighted by Gasteiger charge is 2.33. The number of halogens is 5. The molecule has 0 aliphatic rings. The van der Waals surface area contributed by atoms with Crippen molar-refractivity contribution in [2.24, 2.45) is 0 Å². The first-order valence-electron chi connectivity index (χ1n) is 5.42. The van der Waals surface area contributed by atoms with Gasteiger partial charge in [-0.25, -0.2) is 9.37 Å². The smallest absolute Gasteiger partial charge is 0.466 e. The molecule has 0 fully saturated rings. The maximum atomic E-state index is 12.8. The number of ether oxygens (including phenoxy) is 2. The minimum absolute atomic E-state index is 0.000170. The Morgan fingerprint density at radius 1 is 1.45 bits per heavy atom. The van der Waals surface area contributed by atoms with Crippen LogP contribution in [-0.4, -0.2) is 23.9 Å². The van der Waals surface area contributed by atoms with Crippen molar-refractivity contribution in [2.45, 2.75) is 26.4 Å². The van der Waals surface area contributed by atoms with Gasteiger partial charge in [0.05, 0.1) is 22.3 Å². The van der Waals surface area contributed by atoms with Gasteiger partial charge in [-0.15, -0.1) is 13.2 Å². The molecule has 0 aliphatic heterocycles. The number of esters is 1. The van der Waals surface area contributed by atoms with Crippen molar-refractivity contribution in [1.82, 2.24) is 4.98 Å². The zero-order chi connectivity index (χ0) is 15.3. The van der Waals surface area contributed by atoms with Crippen molar-refractivity contribution in [3.8, 4) is 5.88 Å². The normalized spacial score (nSPS) is 11.3. The van der Waals surface area contributed by atoms with Crippen LogP contribution in [0.2, 0.25) is 0 Å². The quantitative estimate of drug-likeness (QED) is 0.428. The molecule has 0 atom stereocenters. The lowest BCUT2D eigenvalue weighted by atomic mass is 10.1. The molecule has 0 N–H and O–H groups in total. The third kappa shape index (κ3) is 5.10. The Bertz CT molecular complexity index is 493. The molecule has 4 nitrogen and oxygen atoms in total. The molecular formula is C11H10F4INO3. The summed E-state index contributed by atoms with van der Waals surface area (Å²) in [6, 6.07) is 1.16. The number of hydrogen-bond donors (Lipinski definition) is 0. The zero-order valence-corrected chi connectivity index (χ0v) is 12.4. The van der Waals surface area contributed by atoms with E-state index >= 15 is 0 Å². The molecule has 0 radical (unpaired) electrons. The number of carbonyl (C=O) groups excluding carboxylic acids is 1. The van der Waals surface area contributed by atoms with Gasteiger partial charge in [0.2, 0.25) is 5.88 Å². The van der Waals surface area contributed by atoms with E-state index < -0.39 is 31.3 Å². The van der Waals surface area contributed by atoms with Crippen LogP contribution in [0, 0.1) is 3.57 Å². The van der Waals surface area contributed by atoms with Gasteiger partial charge in [-0.3, -0.25) is 4.79 Å². The molecule has 112 valence electrons. The maximum Gasteiger partial charge on any atom is 0.574 e. The molecule has 1 aromatic rings. The number of aromatic nitrogens is 1. The minimum Gasteiger partial charge on any atom is -0.466 e. The zero-order valence-electron chi connectivity index (χ0n) is 10.3. The monoisotopic (exact) mass is 407 g/mol. The van der Waals surface area contributed by atoms with E-state index in [1.807, 2.05) is 0 Å². The maximum absolute atomic E-state index is 12.8. The second kappa shape index (κ2) is 7.04. The van der Waals surface area contributed by atoms with Crippen molar-refractivity contribution in [2.75, 3.05) is 6.61 Å². The number of hydrogen-bond acceptors (Lipinski definition) is 4. The average molecular weight is 407 g/mol. The Balaban J connectivity index is 3.08. The molecule has 0 amide bonds. The Labute approximate surface area is 125 Å². The molecule has 20 heavy (non-hydrogen) atoms. The van der Waals surface area contributed by atoms with E-state index in [4.69, 9.17) is 0 Å². The lowest BCUT2D eigenvalue weighted by Crippen LogP contribution is -2.20. The van der Waals surface area contributed by atoms with Gasteiger partial charge in [-0.1, -0.05) is 0 Å². The average Bonchev–Trinajstić information content (AvgIpc) is 2.31. The van der Waals surface area contributed by atoms with Crippen LogP contribution in [0.4, 0.5) is 17.6 Å². The van der Waals surface area contributed by atoms with Gasteiger partial charge in [0.25, 0.3) is 0 Å². The Hall–Kier alpha value is -1.13. The van der Waals surface area contributed by atoms with E-state index in [9.17, 15) is 22.4 Å². The van der Waals surface area contributed by atoms with E-state index in [1.54, 1.807) is 29.5 Å². The number of pyridine rings is 1. The van der Waals surface area contributed by atoms with Gasteiger partial charge in [-0.05, 0) is 35.6 Å². The molecule has 0 unspecified atom stereocenters. The molecule has 1 heterocycles. The molecule has 0 bridgehead atoms. The summed E-state index contributed by atoms with van der Waals surface area (Å²) in [5.41, 5.74) is -0.109. The van der Waals surface area contributed by atoms with E-state index in [0.29, 0.717) is 0 Å². The number of alkyl halides is 4. The third-order valence-corrected chi connectivity index (χ3v) is 2.86. The first kappa shape index (κ1) is 16.9. The molecule has 0 aromatic carbocycles. The van der Waals surface area contributed by atoms with E-state index in [1.165, 1.54) is 0 Å². The molecular weight excluding hydrogens is 397 g/mol. The molecule has 0 saturated heterocycles. The Morgan fingerprint density at radius 2 is 2.10 bits per heavy atom. The van der Waals surface area contributed by atoms with E-state index in [2.05, 4.69) is 14.5 Å². The lowest BCUT2D eigenvalue weighted by Gasteiger charge is -2.13. The largest absolute Gasteiger partial charge is 0.574 e. The Morgan fingerprint density at radius 3 is 2.60 bits per heavy atom. The van der Waals surface area contributed by atoms with Crippen molar-refractivity contribution in [3.05, 3.63) is 20.9 Å². The highest BCUT2D eigenvalue weighted by Crippen LogP contribution is 2.28. The Kier molecular flexibility index (Phi) is 5.96. The van der Waals surface area contributed by atoms with E-state index in [0.717, 1.165) is 6.07 Å². The van der Waals surface area contributed by atoms with Gasteiger partial charge in [0, 0.05) is 5.56 Å². The first-order valence-corrected chi connectivity index (χ1v) is 6.50. The fraction of sp³-hybridized carbons (Fsp3) is 0.455. The van der Waals surface area contributed by atoms with Crippen molar-refractivity contribution < 1.29 is 31.8 Å². The van der Waals surface area contributed by atoms with Crippen molar-refractivity contribution in [3.63, 3.8) is 0 Å². The summed E-state index contributed by atoms with van der Waals surface area (Å²) in [6.07, 6.45) is -5.33. The molecule has 9 heteroatoms. The van der Waals surface area contributed by atoms with Gasteiger partial charge in [0.1, 0.15) is 6.67 Å². The summed E-state index contributed by atoms with van der Waals surface area (Å²) in [6.45, 7) is 0.734.